The Morgan fingerprint density at radius 3 is 2.42 bits per heavy atom. The number of hydrogen-bond donors (Lipinski definition) is 3. The fourth-order valence-electron chi connectivity index (χ4n) is 2.90. The zero-order valence-electron chi connectivity index (χ0n) is 15.9. The van der Waals surface area contributed by atoms with Crippen LogP contribution in [0.2, 0.25) is 0 Å². The van der Waals surface area contributed by atoms with Crippen LogP contribution in [0, 0.1) is 5.82 Å². The molecule has 7 nitrogen and oxygen atoms in total. The Bertz CT molecular complexity index is 1380. The van der Waals surface area contributed by atoms with E-state index in [2.05, 4.69) is 10.3 Å². The van der Waals surface area contributed by atoms with Crippen LogP contribution in [0.15, 0.2) is 82.2 Å². The highest BCUT2D eigenvalue weighted by molar-refractivity contribution is 6.05. The first-order chi connectivity index (χ1) is 14.9. The van der Waals surface area contributed by atoms with Crippen LogP contribution in [0.25, 0.3) is 11.0 Å². The lowest BCUT2D eigenvalue weighted by atomic mass is 10.1. The number of aromatic hydroxyl groups is 1. The minimum absolute atomic E-state index is 0.00457. The number of phenolic OH excluding ortho intramolecular Hbond substituents is 1. The third-order valence-corrected chi connectivity index (χ3v) is 4.45. The Kier molecular flexibility index (Phi) is 5.19. The van der Waals surface area contributed by atoms with Crippen molar-refractivity contribution in [2.24, 2.45) is 4.99 Å². The van der Waals surface area contributed by atoms with Gasteiger partial charge in [0.05, 0.1) is 16.9 Å². The lowest BCUT2D eigenvalue weighted by Crippen LogP contribution is -2.22. The van der Waals surface area contributed by atoms with E-state index in [4.69, 9.17) is 9.52 Å². The van der Waals surface area contributed by atoms with E-state index in [1.807, 2.05) is 0 Å². The smallest absolute Gasteiger partial charge is 0.335 e. The molecule has 0 unspecified atom stereocenters. The lowest BCUT2D eigenvalue weighted by Gasteiger charge is -2.08. The number of carboxylic acids is 1. The number of para-hydroxylation sites is 1. The van der Waals surface area contributed by atoms with Crippen LogP contribution in [-0.2, 0) is 0 Å². The molecule has 0 aliphatic rings. The Morgan fingerprint density at radius 2 is 1.71 bits per heavy atom. The van der Waals surface area contributed by atoms with Crippen molar-refractivity contribution in [2.45, 2.75) is 0 Å². The molecule has 0 aliphatic heterocycles. The van der Waals surface area contributed by atoms with Gasteiger partial charge in [-0.3, -0.25) is 4.79 Å². The first-order valence-corrected chi connectivity index (χ1v) is 9.11. The molecule has 0 atom stereocenters. The number of aromatic carboxylic acids is 1. The summed E-state index contributed by atoms with van der Waals surface area (Å²) in [6.45, 7) is 0. The van der Waals surface area contributed by atoms with Gasteiger partial charge in [0.2, 0.25) is 5.55 Å². The van der Waals surface area contributed by atoms with Crippen molar-refractivity contribution in [3.63, 3.8) is 0 Å². The summed E-state index contributed by atoms with van der Waals surface area (Å²) >= 11 is 0. The molecule has 0 saturated heterocycles. The zero-order valence-corrected chi connectivity index (χ0v) is 15.9. The maximum Gasteiger partial charge on any atom is 0.335 e. The van der Waals surface area contributed by atoms with E-state index in [0.717, 1.165) is 0 Å². The normalized spacial score (nSPS) is 11.5. The molecule has 3 N–H and O–H groups in total. The van der Waals surface area contributed by atoms with Gasteiger partial charge in [0.25, 0.3) is 5.91 Å². The number of carbonyl (C=O) groups is 2. The molecule has 31 heavy (non-hydrogen) atoms. The molecular weight excluding hydrogens is 403 g/mol. The number of rotatable bonds is 4. The number of anilines is 1. The standard InChI is InChI=1S/C23H15FN2O5/c24-18-3-1-2-4-19(18)26-21(28)17-11-14-7-10-16(27)12-20(14)31-22(17)25-15-8-5-13(6-9-15)23(29)30/h1-12,27H,(H,26,28)(H,29,30). The average Bonchev–Trinajstić information content (AvgIpc) is 2.75. The van der Waals surface area contributed by atoms with Gasteiger partial charge in [-0.25, -0.2) is 14.2 Å². The van der Waals surface area contributed by atoms with E-state index in [1.165, 1.54) is 60.7 Å². The summed E-state index contributed by atoms with van der Waals surface area (Å²) in [6.07, 6.45) is 0. The van der Waals surface area contributed by atoms with E-state index in [1.54, 1.807) is 12.1 Å². The van der Waals surface area contributed by atoms with Crippen molar-refractivity contribution < 1.29 is 28.6 Å². The monoisotopic (exact) mass is 418 g/mol. The van der Waals surface area contributed by atoms with Gasteiger partial charge in [0.1, 0.15) is 22.7 Å². The Hall–Kier alpha value is -4.46. The topological polar surface area (TPSA) is 112 Å². The highest BCUT2D eigenvalue weighted by atomic mass is 19.1. The summed E-state index contributed by atoms with van der Waals surface area (Å²) in [4.78, 5) is 28.3. The van der Waals surface area contributed by atoms with E-state index in [-0.39, 0.29) is 33.7 Å². The second-order valence-corrected chi connectivity index (χ2v) is 6.59. The quantitative estimate of drug-likeness (QED) is 0.453. The van der Waals surface area contributed by atoms with Crippen molar-refractivity contribution >= 4 is 34.2 Å². The van der Waals surface area contributed by atoms with Gasteiger partial charge in [0.15, 0.2) is 0 Å². The number of nitrogens with zero attached hydrogens (tertiary/aromatic N) is 1. The molecule has 3 aromatic carbocycles. The molecule has 0 aliphatic carbocycles. The number of fused-ring (bicyclic) bond motifs is 1. The van der Waals surface area contributed by atoms with Crippen LogP contribution in [0.1, 0.15) is 20.7 Å². The number of carboxylic acid groups (broad SMARTS) is 1. The summed E-state index contributed by atoms with van der Waals surface area (Å²) in [5.74, 6) is -2.36. The van der Waals surface area contributed by atoms with Crippen molar-refractivity contribution in [3.8, 4) is 5.75 Å². The molecule has 154 valence electrons. The number of halogens is 1. The molecule has 4 rings (SSSR count). The predicted molar refractivity (Wildman–Crippen MR) is 111 cm³/mol. The zero-order chi connectivity index (χ0) is 22.0. The first-order valence-electron chi connectivity index (χ1n) is 9.11. The summed E-state index contributed by atoms with van der Waals surface area (Å²) in [7, 11) is 0. The van der Waals surface area contributed by atoms with Crippen LogP contribution in [0.5, 0.6) is 5.75 Å². The molecule has 0 radical (unpaired) electrons. The third kappa shape index (κ3) is 4.27. The van der Waals surface area contributed by atoms with Gasteiger partial charge >= 0.3 is 5.97 Å². The minimum Gasteiger partial charge on any atom is -0.508 e. The maximum absolute atomic E-state index is 14.0. The highest BCUT2D eigenvalue weighted by Gasteiger charge is 2.15. The molecule has 0 fully saturated rings. The van der Waals surface area contributed by atoms with Gasteiger partial charge in [-0.2, -0.15) is 0 Å². The Morgan fingerprint density at radius 1 is 0.968 bits per heavy atom. The number of phenols is 1. The van der Waals surface area contributed by atoms with Gasteiger partial charge in [-0.15, -0.1) is 0 Å². The number of carbonyl (C=O) groups excluding carboxylic acids is 1. The Balaban J connectivity index is 1.84. The van der Waals surface area contributed by atoms with Crippen LogP contribution >= 0.6 is 0 Å². The third-order valence-electron chi connectivity index (χ3n) is 4.45. The van der Waals surface area contributed by atoms with Gasteiger partial charge in [-0.1, -0.05) is 12.1 Å². The number of nitrogens with one attached hydrogen (secondary N) is 1. The fourth-order valence-corrected chi connectivity index (χ4v) is 2.90. The van der Waals surface area contributed by atoms with E-state index in [9.17, 15) is 19.1 Å². The predicted octanol–water partition coefficient (Wildman–Crippen LogP) is 4.46. The van der Waals surface area contributed by atoms with Crippen LogP contribution < -0.4 is 10.9 Å². The van der Waals surface area contributed by atoms with E-state index < -0.39 is 17.7 Å². The van der Waals surface area contributed by atoms with Crippen molar-refractivity contribution in [3.05, 3.63) is 95.3 Å². The van der Waals surface area contributed by atoms with Crippen LogP contribution in [0.3, 0.4) is 0 Å². The second kappa shape index (κ2) is 8.11. The van der Waals surface area contributed by atoms with Crippen molar-refractivity contribution in [1.82, 2.24) is 0 Å². The summed E-state index contributed by atoms with van der Waals surface area (Å²) < 4.78 is 19.7. The molecule has 0 spiro atoms. The second-order valence-electron chi connectivity index (χ2n) is 6.59. The number of amides is 1. The molecule has 1 heterocycles. The lowest BCUT2D eigenvalue weighted by molar-refractivity contribution is 0.0696. The number of benzene rings is 3. The molecule has 4 aromatic rings. The molecule has 0 bridgehead atoms. The highest BCUT2D eigenvalue weighted by Crippen LogP contribution is 2.21. The fraction of sp³-hybridized carbons (Fsp3) is 0. The largest absolute Gasteiger partial charge is 0.508 e. The molecule has 8 heteroatoms. The van der Waals surface area contributed by atoms with Crippen LogP contribution in [0.4, 0.5) is 15.8 Å². The summed E-state index contributed by atoms with van der Waals surface area (Å²) in [6, 6.07) is 17.3. The maximum atomic E-state index is 14.0. The van der Waals surface area contributed by atoms with Crippen molar-refractivity contribution in [2.75, 3.05) is 5.32 Å². The average molecular weight is 418 g/mol. The van der Waals surface area contributed by atoms with Crippen LogP contribution in [-0.4, -0.2) is 22.1 Å². The van der Waals surface area contributed by atoms with E-state index >= 15 is 0 Å². The summed E-state index contributed by atoms with van der Waals surface area (Å²) in [5, 5.41) is 21.8. The Labute approximate surface area is 174 Å². The molecular formula is C23H15FN2O5. The minimum atomic E-state index is -1.08. The summed E-state index contributed by atoms with van der Waals surface area (Å²) in [5.41, 5.74) is 0.641. The SMILES string of the molecule is O=C(O)c1ccc(N=c2oc3cc(O)ccc3cc2C(=O)Nc2ccccc2F)cc1. The van der Waals surface area contributed by atoms with E-state index in [0.29, 0.717) is 11.1 Å². The first kappa shape index (κ1) is 19.8. The molecule has 1 amide bonds. The van der Waals surface area contributed by atoms with Crippen molar-refractivity contribution in [1.29, 1.82) is 0 Å². The van der Waals surface area contributed by atoms with Gasteiger partial charge < -0.3 is 19.9 Å². The van der Waals surface area contributed by atoms with Gasteiger partial charge in [-0.05, 0) is 54.6 Å². The number of hydrogen-bond acceptors (Lipinski definition) is 5. The molecule has 0 saturated carbocycles. The molecule has 1 aromatic heterocycles. The van der Waals surface area contributed by atoms with Gasteiger partial charge in [0, 0.05) is 11.5 Å².